The fourth-order valence-electron chi connectivity index (χ4n) is 1.89. The van der Waals surface area contributed by atoms with Gasteiger partial charge in [-0.05, 0) is 26.2 Å². The maximum absolute atomic E-state index is 12.0. The van der Waals surface area contributed by atoms with Gasteiger partial charge in [0.15, 0.2) is 0 Å². The molecule has 0 bridgehead atoms. The third kappa shape index (κ3) is 2.94. The maximum Gasteiger partial charge on any atom is 0.293 e. The van der Waals surface area contributed by atoms with Crippen molar-refractivity contribution in [3.63, 3.8) is 0 Å². The first kappa shape index (κ1) is 13.9. The molecule has 4 nitrogen and oxygen atoms in total. The molecule has 1 saturated heterocycles. The van der Waals surface area contributed by atoms with E-state index in [2.05, 4.69) is 6.58 Å². The normalized spacial score (nSPS) is 21.5. The zero-order valence-electron chi connectivity index (χ0n) is 10.6. The molecule has 1 heterocycles. The number of ketones is 1. The molecular formula is C13H21NO3. The predicted molar refractivity (Wildman–Crippen MR) is 65.4 cm³/mol. The van der Waals surface area contributed by atoms with Crippen LogP contribution in [0.5, 0.6) is 0 Å². The van der Waals surface area contributed by atoms with E-state index in [0.717, 1.165) is 19.3 Å². The van der Waals surface area contributed by atoms with Crippen LogP contribution in [0.2, 0.25) is 0 Å². The lowest BCUT2D eigenvalue weighted by Gasteiger charge is -2.31. The molecule has 0 spiro atoms. The Morgan fingerprint density at radius 1 is 1.35 bits per heavy atom. The maximum atomic E-state index is 12.0. The molecule has 0 aliphatic carbocycles. The lowest BCUT2D eigenvalue weighted by molar-refractivity contribution is -0.156. The number of hydrogen-bond acceptors (Lipinski definition) is 3. The first-order valence-electron chi connectivity index (χ1n) is 6.10. The van der Waals surface area contributed by atoms with E-state index in [1.54, 1.807) is 6.92 Å². The molecule has 1 fully saturated rings. The van der Waals surface area contributed by atoms with E-state index < -0.39 is 23.2 Å². The van der Waals surface area contributed by atoms with E-state index in [4.69, 9.17) is 0 Å². The minimum absolute atomic E-state index is 0.441. The number of hydrogen-bond donors (Lipinski definition) is 1. The number of aliphatic hydroxyl groups is 1. The Morgan fingerprint density at radius 2 is 1.88 bits per heavy atom. The van der Waals surface area contributed by atoms with Crippen molar-refractivity contribution < 1.29 is 14.7 Å². The fraction of sp³-hybridized carbons (Fsp3) is 0.692. The molecule has 1 aliphatic rings. The van der Waals surface area contributed by atoms with E-state index in [0.29, 0.717) is 13.1 Å². The van der Waals surface area contributed by atoms with Crippen molar-refractivity contribution in [3.8, 4) is 0 Å². The number of likely N-dealkylation sites (tertiary alicyclic amines) is 1. The Hall–Kier alpha value is -1.16. The van der Waals surface area contributed by atoms with Gasteiger partial charge < -0.3 is 10.0 Å². The van der Waals surface area contributed by atoms with Crippen molar-refractivity contribution in [1.29, 1.82) is 0 Å². The summed E-state index contributed by atoms with van der Waals surface area (Å²) >= 11 is 0. The number of Topliss-reactive ketones (excluding diaryl/α,β-unsaturated/α-hetero) is 1. The molecule has 17 heavy (non-hydrogen) atoms. The second-order valence-corrected chi connectivity index (χ2v) is 4.85. The third-order valence-corrected chi connectivity index (χ3v) is 3.54. The summed E-state index contributed by atoms with van der Waals surface area (Å²) in [5.74, 6) is -1.74. The van der Waals surface area contributed by atoms with E-state index >= 15 is 0 Å². The van der Waals surface area contributed by atoms with E-state index in [9.17, 15) is 14.7 Å². The second-order valence-electron chi connectivity index (χ2n) is 4.85. The van der Waals surface area contributed by atoms with E-state index in [-0.39, 0.29) is 0 Å². The molecule has 1 rings (SSSR count). The van der Waals surface area contributed by atoms with Crippen molar-refractivity contribution in [2.75, 3.05) is 13.1 Å². The Balaban J connectivity index is 2.74. The summed E-state index contributed by atoms with van der Waals surface area (Å²) < 4.78 is 0. The van der Waals surface area contributed by atoms with Crippen LogP contribution in [0.3, 0.4) is 0 Å². The summed E-state index contributed by atoms with van der Waals surface area (Å²) in [7, 11) is 0. The van der Waals surface area contributed by atoms with Gasteiger partial charge in [-0.25, -0.2) is 0 Å². The molecule has 1 N–H and O–H groups in total. The molecule has 1 amide bonds. The zero-order chi connectivity index (χ0) is 13.1. The summed E-state index contributed by atoms with van der Waals surface area (Å²) in [5, 5.41) is 10.1. The zero-order valence-corrected chi connectivity index (χ0v) is 10.6. The van der Waals surface area contributed by atoms with Crippen molar-refractivity contribution >= 4 is 11.7 Å². The smallest absolute Gasteiger partial charge is 0.293 e. The van der Waals surface area contributed by atoms with Crippen LogP contribution in [0.15, 0.2) is 12.7 Å². The number of nitrogens with zero attached hydrogens (tertiary/aromatic N) is 1. The monoisotopic (exact) mass is 239 g/mol. The lowest BCUT2D eigenvalue weighted by Crippen LogP contribution is -2.51. The number of rotatable bonds is 4. The lowest BCUT2D eigenvalue weighted by atomic mass is 9.86. The summed E-state index contributed by atoms with van der Waals surface area (Å²) in [6, 6.07) is 0. The number of carbonyl (C=O) groups is 2. The predicted octanol–water partition coefficient (Wildman–Crippen LogP) is 1.14. The van der Waals surface area contributed by atoms with Crippen molar-refractivity contribution in [2.45, 2.75) is 38.7 Å². The molecule has 4 heteroatoms. The summed E-state index contributed by atoms with van der Waals surface area (Å²) in [5.41, 5.74) is -1.66. The summed E-state index contributed by atoms with van der Waals surface area (Å²) in [6.45, 7) is 7.83. The van der Waals surface area contributed by atoms with Crippen LogP contribution in [-0.2, 0) is 9.59 Å². The van der Waals surface area contributed by atoms with Gasteiger partial charge in [-0.1, -0.05) is 13.0 Å². The van der Waals surface area contributed by atoms with Gasteiger partial charge in [0.2, 0.25) is 0 Å². The Morgan fingerprint density at radius 3 is 2.35 bits per heavy atom. The SMILES string of the molecule is C=C[C@H](C)[C@](C)(O)C(=O)C(=O)N1CCCCC1. The van der Waals surface area contributed by atoms with Gasteiger partial charge in [-0.2, -0.15) is 0 Å². The highest BCUT2D eigenvalue weighted by Crippen LogP contribution is 2.21. The standard InChI is InChI=1S/C13H21NO3/c1-4-10(2)13(3,17)11(15)12(16)14-8-6-5-7-9-14/h4,10,17H,1,5-9H2,2-3H3/t10-,13-/m0/s1. The number of carbonyl (C=O) groups excluding carboxylic acids is 2. The van der Waals surface area contributed by atoms with E-state index in [1.165, 1.54) is 17.9 Å². The van der Waals surface area contributed by atoms with Gasteiger partial charge in [0.1, 0.15) is 5.60 Å². The van der Waals surface area contributed by atoms with Gasteiger partial charge in [-0.3, -0.25) is 9.59 Å². The highest BCUT2D eigenvalue weighted by molar-refractivity contribution is 6.39. The highest BCUT2D eigenvalue weighted by Gasteiger charge is 2.41. The Labute approximate surface area is 102 Å². The van der Waals surface area contributed by atoms with Crippen LogP contribution in [0.1, 0.15) is 33.1 Å². The topological polar surface area (TPSA) is 57.6 Å². The highest BCUT2D eigenvalue weighted by atomic mass is 16.3. The van der Waals surface area contributed by atoms with Crippen LogP contribution >= 0.6 is 0 Å². The number of amides is 1. The molecule has 2 atom stereocenters. The van der Waals surface area contributed by atoms with Crippen molar-refractivity contribution in [2.24, 2.45) is 5.92 Å². The van der Waals surface area contributed by atoms with Crippen LogP contribution < -0.4 is 0 Å². The van der Waals surface area contributed by atoms with Crippen LogP contribution in [0.25, 0.3) is 0 Å². The van der Waals surface area contributed by atoms with Gasteiger partial charge in [0, 0.05) is 19.0 Å². The van der Waals surface area contributed by atoms with Crippen molar-refractivity contribution in [1.82, 2.24) is 4.90 Å². The Bertz CT molecular complexity index is 317. The quantitative estimate of drug-likeness (QED) is 0.591. The molecule has 0 aromatic carbocycles. The number of piperidine rings is 1. The molecule has 1 aliphatic heterocycles. The van der Waals surface area contributed by atoms with Crippen LogP contribution in [0, 0.1) is 5.92 Å². The fourth-order valence-corrected chi connectivity index (χ4v) is 1.89. The largest absolute Gasteiger partial charge is 0.381 e. The summed E-state index contributed by atoms with van der Waals surface area (Å²) in [6.07, 6.45) is 4.44. The molecular weight excluding hydrogens is 218 g/mol. The first-order valence-corrected chi connectivity index (χ1v) is 6.10. The minimum atomic E-state index is -1.66. The molecule has 0 aromatic rings. The first-order chi connectivity index (χ1) is 7.91. The van der Waals surface area contributed by atoms with Crippen LogP contribution in [0.4, 0.5) is 0 Å². The van der Waals surface area contributed by atoms with Crippen molar-refractivity contribution in [3.05, 3.63) is 12.7 Å². The van der Waals surface area contributed by atoms with Gasteiger partial charge >= 0.3 is 0 Å². The Kier molecular flexibility index (Phi) is 4.46. The molecule has 96 valence electrons. The van der Waals surface area contributed by atoms with Gasteiger partial charge in [0.25, 0.3) is 11.7 Å². The molecule has 0 unspecified atom stereocenters. The second kappa shape index (κ2) is 5.45. The summed E-state index contributed by atoms with van der Waals surface area (Å²) in [4.78, 5) is 25.5. The van der Waals surface area contributed by atoms with Gasteiger partial charge in [0.05, 0.1) is 0 Å². The van der Waals surface area contributed by atoms with Gasteiger partial charge in [-0.15, -0.1) is 6.58 Å². The average Bonchev–Trinajstić information content (AvgIpc) is 2.36. The van der Waals surface area contributed by atoms with E-state index in [1.807, 2.05) is 0 Å². The molecule has 0 saturated carbocycles. The molecule has 0 aromatic heterocycles. The minimum Gasteiger partial charge on any atom is -0.381 e. The third-order valence-electron chi connectivity index (χ3n) is 3.54. The average molecular weight is 239 g/mol. The van der Waals surface area contributed by atoms with Crippen LogP contribution in [-0.4, -0.2) is 40.4 Å². The molecule has 0 radical (unpaired) electrons.